The molecule has 0 aliphatic heterocycles. The van der Waals surface area contributed by atoms with Crippen molar-refractivity contribution >= 4 is 41.5 Å². The first kappa shape index (κ1) is 19.7. The summed E-state index contributed by atoms with van der Waals surface area (Å²) >= 11 is 5.91. The van der Waals surface area contributed by atoms with Crippen LogP contribution in [0.25, 0.3) is 0 Å². The molecule has 0 saturated heterocycles. The van der Waals surface area contributed by atoms with E-state index < -0.39 is 0 Å². The first-order valence-corrected chi connectivity index (χ1v) is 7.55. The number of aryl methyl sites for hydroxylation is 1. The monoisotopic (exact) mass is 449 g/mol. The third-order valence-electron chi connectivity index (χ3n) is 3.02. The van der Waals surface area contributed by atoms with Gasteiger partial charge in [-0.05, 0) is 31.5 Å². The quantitative estimate of drug-likeness (QED) is 0.415. The maximum Gasteiger partial charge on any atom is 0.223 e. The van der Waals surface area contributed by atoms with Crippen molar-refractivity contribution < 1.29 is 4.52 Å². The molecular weight excluding hydrogens is 429 g/mol. The van der Waals surface area contributed by atoms with Gasteiger partial charge in [0.15, 0.2) is 11.8 Å². The van der Waals surface area contributed by atoms with Gasteiger partial charge in [0.25, 0.3) is 0 Å². The van der Waals surface area contributed by atoms with Crippen LogP contribution in [0.5, 0.6) is 0 Å². The van der Waals surface area contributed by atoms with E-state index in [0.29, 0.717) is 24.2 Å². The van der Waals surface area contributed by atoms with Crippen LogP contribution in [-0.2, 0) is 6.54 Å². The molecule has 0 saturated carbocycles. The normalized spacial score (nSPS) is 12.4. The third-order valence-corrected chi connectivity index (χ3v) is 3.27. The summed E-state index contributed by atoms with van der Waals surface area (Å²) in [5.74, 6) is 1.80. The van der Waals surface area contributed by atoms with Crippen LogP contribution in [0.1, 0.15) is 37.2 Å². The highest BCUT2D eigenvalue weighted by Gasteiger charge is 2.08. The summed E-state index contributed by atoms with van der Waals surface area (Å²) in [6, 6.07) is 7.84. The van der Waals surface area contributed by atoms with Crippen LogP contribution in [0.4, 0.5) is 0 Å². The molecule has 126 valence electrons. The van der Waals surface area contributed by atoms with E-state index in [1.165, 1.54) is 0 Å². The Morgan fingerprint density at radius 3 is 2.61 bits per heavy atom. The number of hydrogen-bond donors (Lipinski definition) is 2. The summed E-state index contributed by atoms with van der Waals surface area (Å²) in [4.78, 5) is 8.60. The highest BCUT2D eigenvalue weighted by molar-refractivity contribution is 14.0. The molecule has 2 rings (SSSR count). The molecule has 0 radical (unpaired) electrons. The maximum atomic E-state index is 5.91. The zero-order valence-electron chi connectivity index (χ0n) is 13.3. The van der Waals surface area contributed by atoms with E-state index in [9.17, 15) is 0 Å². The minimum atomic E-state index is 0. The molecule has 0 fully saturated rings. The molecule has 1 atom stereocenters. The predicted molar refractivity (Wildman–Crippen MR) is 102 cm³/mol. The minimum absolute atomic E-state index is 0. The summed E-state index contributed by atoms with van der Waals surface area (Å²) in [7, 11) is 0. The van der Waals surface area contributed by atoms with Crippen molar-refractivity contribution in [3.8, 4) is 0 Å². The standard InChI is InChI=1S/C15H20ClN5O.HI/c1-4-17-15(18-9-14-20-11(3)22-21-14)19-10(2)12-5-7-13(16)8-6-12;/h5-8,10H,4,9H2,1-3H3,(H2,17,18,19);1H. The highest BCUT2D eigenvalue weighted by Crippen LogP contribution is 2.15. The highest BCUT2D eigenvalue weighted by atomic mass is 127. The van der Waals surface area contributed by atoms with Crippen LogP contribution in [0, 0.1) is 6.92 Å². The first-order valence-electron chi connectivity index (χ1n) is 7.18. The van der Waals surface area contributed by atoms with Crippen LogP contribution >= 0.6 is 35.6 Å². The van der Waals surface area contributed by atoms with Gasteiger partial charge in [-0.2, -0.15) is 4.98 Å². The fourth-order valence-electron chi connectivity index (χ4n) is 1.92. The Kier molecular flexibility index (Phi) is 8.32. The van der Waals surface area contributed by atoms with Gasteiger partial charge in [0.2, 0.25) is 5.89 Å². The van der Waals surface area contributed by atoms with Gasteiger partial charge < -0.3 is 15.2 Å². The second kappa shape index (κ2) is 9.71. The van der Waals surface area contributed by atoms with Crippen LogP contribution in [0.15, 0.2) is 33.8 Å². The van der Waals surface area contributed by atoms with Crippen molar-refractivity contribution in [2.75, 3.05) is 6.54 Å². The summed E-state index contributed by atoms with van der Waals surface area (Å²) in [6.07, 6.45) is 0. The van der Waals surface area contributed by atoms with E-state index in [4.69, 9.17) is 16.1 Å². The fraction of sp³-hybridized carbons (Fsp3) is 0.400. The lowest BCUT2D eigenvalue weighted by Crippen LogP contribution is -2.38. The molecule has 2 aromatic rings. The Morgan fingerprint density at radius 2 is 2.04 bits per heavy atom. The van der Waals surface area contributed by atoms with Crippen molar-refractivity contribution in [2.45, 2.75) is 33.4 Å². The third kappa shape index (κ3) is 6.34. The van der Waals surface area contributed by atoms with Gasteiger partial charge in [-0.25, -0.2) is 4.99 Å². The van der Waals surface area contributed by atoms with Crippen molar-refractivity contribution in [1.82, 2.24) is 20.8 Å². The molecule has 1 heterocycles. The second-order valence-corrected chi connectivity index (χ2v) is 5.28. The lowest BCUT2D eigenvalue weighted by atomic mass is 10.1. The van der Waals surface area contributed by atoms with E-state index in [1.807, 2.05) is 31.2 Å². The minimum Gasteiger partial charge on any atom is -0.357 e. The summed E-state index contributed by atoms with van der Waals surface area (Å²) < 4.78 is 4.93. The molecule has 0 aliphatic rings. The Labute approximate surface area is 158 Å². The molecule has 0 amide bonds. The fourth-order valence-corrected chi connectivity index (χ4v) is 2.04. The van der Waals surface area contributed by atoms with Gasteiger partial charge >= 0.3 is 0 Å². The number of nitrogens with zero attached hydrogens (tertiary/aromatic N) is 3. The number of aromatic nitrogens is 2. The largest absolute Gasteiger partial charge is 0.357 e. The average molecular weight is 450 g/mol. The molecular formula is C15H21ClIN5O. The molecule has 1 aromatic carbocycles. The number of halogens is 2. The molecule has 2 N–H and O–H groups in total. The van der Waals surface area contributed by atoms with Crippen molar-refractivity contribution in [3.63, 3.8) is 0 Å². The SMILES string of the molecule is CCNC(=NCc1noc(C)n1)NC(C)c1ccc(Cl)cc1.I. The van der Waals surface area contributed by atoms with Gasteiger partial charge in [-0.3, -0.25) is 0 Å². The van der Waals surface area contributed by atoms with E-state index in [-0.39, 0.29) is 30.0 Å². The van der Waals surface area contributed by atoms with E-state index in [0.717, 1.165) is 17.1 Å². The predicted octanol–water partition coefficient (Wildman–Crippen LogP) is 3.47. The van der Waals surface area contributed by atoms with E-state index >= 15 is 0 Å². The van der Waals surface area contributed by atoms with E-state index in [1.54, 1.807) is 6.92 Å². The number of benzene rings is 1. The Balaban J connectivity index is 0.00000264. The Morgan fingerprint density at radius 1 is 1.35 bits per heavy atom. The van der Waals surface area contributed by atoms with Gasteiger partial charge in [0.05, 0.1) is 6.04 Å². The second-order valence-electron chi connectivity index (χ2n) is 4.84. The van der Waals surface area contributed by atoms with Gasteiger partial charge in [0.1, 0.15) is 6.54 Å². The summed E-state index contributed by atoms with van der Waals surface area (Å²) in [5.41, 5.74) is 1.13. The van der Waals surface area contributed by atoms with Crippen LogP contribution in [0.2, 0.25) is 5.02 Å². The zero-order valence-corrected chi connectivity index (χ0v) is 16.4. The molecule has 0 spiro atoms. The van der Waals surface area contributed by atoms with Crippen molar-refractivity contribution in [3.05, 3.63) is 46.6 Å². The zero-order chi connectivity index (χ0) is 15.9. The molecule has 1 unspecified atom stereocenters. The Bertz CT molecular complexity index is 629. The average Bonchev–Trinajstić information content (AvgIpc) is 2.91. The van der Waals surface area contributed by atoms with Crippen LogP contribution in [0.3, 0.4) is 0 Å². The van der Waals surface area contributed by atoms with Crippen LogP contribution < -0.4 is 10.6 Å². The number of rotatable bonds is 5. The lowest BCUT2D eigenvalue weighted by molar-refractivity contribution is 0.387. The van der Waals surface area contributed by atoms with Gasteiger partial charge in [-0.1, -0.05) is 28.9 Å². The number of hydrogen-bond acceptors (Lipinski definition) is 4. The van der Waals surface area contributed by atoms with Gasteiger partial charge in [-0.15, -0.1) is 24.0 Å². The first-order chi connectivity index (χ1) is 10.6. The smallest absolute Gasteiger partial charge is 0.223 e. The number of aliphatic imine (C=N–C) groups is 1. The molecule has 23 heavy (non-hydrogen) atoms. The molecule has 1 aromatic heterocycles. The van der Waals surface area contributed by atoms with Crippen molar-refractivity contribution in [1.29, 1.82) is 0 Å². The summed E-state index contributed by atoms with van der Waals surface area (Å²) in [6.45, 7) is 6.97. The van der Waals surface area contributed by atoms with Crippen molar-refractivity contribution in [2.24, 2.45) is 4.99 Å². The molecule has 0 bridgehead atoms. The lowest BCUT2D eigenvalue weighted by Gasteiger charge is -2.18. The number of guanidine groups is 1. The Hall–Kier alpha value is -1.35. The summed E-state index contributed by atoms with van der Waals surface area (Å²) in [5, 5.41) is 11.1. The van der Waals surface area contributed by atoms with E-state index in [2.05, 4.69) is 32.7 Å². The maximum absolute atomic E-state index is 5.91. The van der Waals surface area contributed by atoms with Gasteiger partial charge in [0, 0.05) is 18.5 Å². The topological polar surface area (TPSA) is 75.3 Å². The molecule has 6 nitrogen and oxygen atoms in total. The number of nitrogens with one attached hydrogen (secondary N) is 2. The molecule has 0 aliphatic carbocycles. The molecule has 8 heteroatoms. The van der Waals surface area contributed by atoms with Crippen LogP contribution in [-0.4, -0.2) is 22.6 Å².